The first-order valence-corrected chi connectivity index (χ1v) is 7.26. The lowest BCUT2D eigenvalue weighted by molar-refractivity contribution is 0.0945. The summed E-state index contributed by atoms with van der Waals surface area (Å²) in [6.45, 7) is 3.90. The maximum Gasteiger partial charge on any atom is 0.252 e. The number of fused-ring (bicyclic) bond motifs is 1. The average molecular weight is 291 g/mol. The third-order valence-electron chi connectivity index (χ3n) is 3.34. The summed E-state index contributed by atoms with van der Waals surface area (Å²) in [5.41, 5.74) is 3.09. The zero-order chi connectivity index (χ0) is 15.5. The molecule has 0 aliphatic heterocycles. The molecule has 22 heavy (non-hydrogen) atoms. The largest absolute Gasteiger partial charge is 0.350 e. The van der Waals surface area contributed by atoms with Gasteiger partial charge in [0.15, 0.2) is 0 Å². The molecular formula is C18H17N3O. The molecule has 0 spiro atoms. The zero-order valence-corrected chi connectivity index (χ0v) is 12.6. The molecule has 0 bridgehead atoms. The van der Waals surface area contributed by atoms with E-state index in [1.165, 1.54) is 0 Å². The van der Waals surface area contributed by atoms with Gasteiger partial charge in [-0.15, -0.1) is 0 Å². The van der Waals surface area contributed by atoms with Crippen molar-refractivity contribution in [2.24, 2.45) is 0 Å². The molecular weight excluding hydrogens is 274 g/mol. The van der Waals surface area contributed by atoms with Crippen LogP contribution in [0.25, 0.3) is 22.2 Å². The van der Waals surface area contributed by atoms with Gasteiger partial charge in [-0.2, -0.15) is 0 Å². The number of nitrogens with one attached hydrogen (secondary N) is 1. The van der Waals surface area contributed by atoms with E-state index in [-0.39, 0.29) is 11.9 Å². The van der Waals surface area contributed by atoms with E-state index in [0.29, 0.717) is 5.56 Å². The highest BCUT2D eigenvalue weighted by atomic mass is 16.1. The summed E-state index contributed by atoms with van der Waals surface area (Å²) >= 11 is 0. The molecule has 0 radical (unpaired) electrons. The van der Waals surface area contributed by atoms with Gasteiger partial charge in [-0.3, -0.25) is 9.78 Å². The number of amides is 1. The van der Waals surface area contributed by atoms with Crippen LogP contribution in [0.15, 0.2) is 54.9 Å². The number of pyridine rings is 2. The minimum atomic E-state index is -0.0845. The molecule has 3 rings (SSSR count). The van der Waals surface area contributed by atoms with Crippen LogP contribution in [-0.2, 0) is 0 Å². The maximum absolute atomic E-state index is 12.5. The second-order valence-electron chi connectivity index (χ2n) is 5.44. The predicted molar refractivity (Wildman–Crippen MR) is 87.6 cm³/mol. The van der Waals surface area contributed by atoms with Gasteiger partial charge in [-0.05, 0) is 38.1 Å². The van der Waals surface area contributed by atoms with Crippen molar-refractivity contribution in [1.82, 2.24) is 15.3 Å². The first kappa shape index (κ1) is 14.2. The van der Waals surface area contributed by atoms with E-state index in [4.69, 9.17) is 0 Å². The Labute approximate surface area is 129 Å². The van der Waals surface area contributed by atoms with E-state index in [1.54, 1.807) is 12.4 Å². The van der Waals surface area contributed by atoms with Crippen molar-refractivity contribution in [2.75, 3.05) is 0 Å². The number of nitrogens with zero attached hydrogens (tertiary/aromatic N) is 2. The predicted octanol–water partition coefficient (Wildman–Crippen LogP) is 3.44. The Morgan fingerprint density at radius 1 is 1.14 bits per heavy atom. The molecule has 1 amide bonds. The number of para-hydroxylation sites is 1. The van der Waals surface area contributed by atoms with E-state index >= 15 is 0 Å². The highest BCUT2D eigenvalue weighted by molar-refractivity contribution is 6.07. The topological polar surface area (TPSA) is 54.9 Å². The fourth-order valence-electron chi connectivity index (χ4n) is 2.37. The Morgan fingerprint density at radius 3 is 2.68 bits per heavy atom. The molecule has 4 heteroatoms. The molecule has 0 saturated carbocycles. The molecule has 2 heterocycles. The van der Waals surface area contributed by atoms with Crippen LogP contribution in [0.1, 0.15) is 24.2 Å². The summed E-state index contributed by atoms with van der Waals surface area (Å²) in [6.07, 6.45) is 3.47. The molecule has 0 aliphatic rings. The number of aromatic nitrogens is 2. The highest BCUT2D eigenvalue weighted by Gasteiger charge is 2.14. The second kappa shape index (κ2) is 5.93. The summed E-state index contributed by atoms with van der Waals surface area (Å²) in [7, 11) is 0. The van der Waals surface area contributed by atoms with Gasteiger partial charge in [-0.1, -0.05) is 18.2 Å². The fraction of sp³-hybridized carbons (Fsp3) is 0.167. The Hall–Kier alpha value is -2.75. The van der Waals surface area contributed by atoms with Crippen LogP contribution >= 0.6 is 0 Å². The van der Waals surface area contributed by atoms with Crippen LogP contribution in [-0.4, -0.2) is 21.9 Å². The van der Waals surface area contributed by atoms with Gasteiger partial charge in [-0.25, -0.2) is 4.98 Å². The minimum Gasteiger partial charge on any atom is -0.350 e. The number of hydrogen-bond acceptors (Lipinski definition) is 3. The van der Waals surface area contributed by atoms with Gasteiger partial charge < -0.3 is 5.32 Å². The zero-order valence-electron chi connectivity index (χ0n) is 12.6. The Kier molecular flexibility index (Phi) is 3.83. The first-order chi connectivity index (χ1) is 10.6. The van der Waals surface area contributed by atoms with E-state index < -0.39 is 0 Å². The molecule has 4 nitrogen and oxygen atoms in total. The van der Waals surface area contributed by atoms with Crippen LogP contribution in [0, 0.1) is 0 Å². The van der Waals surface area contributed by atoms with Crippen molar-refractivity contribution >= 4 is 16.8 Å². The van der Waals surface area contributed by atoms with Crippen molar-refractivity contribution in [3.05, 3.63) is 60.4 Å². The molecule has 3 aromatic rings. The highest BCUT2D eigenvalue weighted by Crippen LogP contribution is 2.24. The number of hydrogen-bond donors (Lipinski definition) is 1. The minimum absolute atomic E-state index is 0.0845. The van der Waals surface area contributed by atoms with Gasteiger partial charge in [0.1, 0.15) is 0 Å². The smallest absolute Gasteiger partial charge is 0.252 e. The number of rotatable bonds is 3. The molecule has 1 N–H and O–H groups in total. The Bertz CT molecular complexity index is 813. The van der Waals surface area contributed by atoms with Gasteiger partial charge in [0.05, 0.1) is 16.8 Å². The summed E-state index contributed by atoms with van der Waals surface area (Å²) in [5.74, 6) is -0.0845. The lowest BCUT2D eigenvalue weighted by Gasteiger charge is -2.12. The first-order valence-electron chi connectivity index (χ1n) is 7.26. The lowest BCUT2D eigenvalue weighted by Crippen LogP contribution is -2.30. The van der Waals surface area contributed by atoms with Gasteiger partial charge in [0.2, 0.25) is 0 Å². The van der Waals surface area contributed by atoms with Crippen LogP contribution in [0.2, 0.25) is 0 Å². The van der Waals surface area contributed by atoms with Crippen molar-refractivity contribution in [1.29, 1.82) is 0 Å². The van der Waals surface area contributed by atoms with E-state index in [1.807, 2.05) is 56.3 Å². The molecule has 0 aliphatic carbocycles. The molecule has 0 atom stereocenters. The van der Waals surface area contributed by atoms with Crippen LogP contribution in [0.3, 0.4) is 0 Å². The Morgan fingerprint density at radius 2 is 1.95 bits per heavy atom. The SMILES string of the molecule is CC(C)NC(=O)c1cc(-c2cccnc2)nc2ccccc12. The van der Waals surface area contributed by atoms with E-state index in [9.17, 15) is 4.79 Å². The lowest BCUT2D eigenvalue weighted by atomic mass is 10.0. The fourth-order valence-corrected chi connectivity index (χ4v) is 2.37. The summed E-state index contributed by atoms with van der Waals surface area (Å²) < 4.78 is 0. The van der Waals surface area contributed by atoms with Crippen LogP contribution < -0.4 is 5.32 Å². The van der Waals surface area contributed by atoms with Crippen molar-refractivity contribution in [3.8, 4) is 11.3 Å². The van der Waals surface area contributed by atoms with Gasteiger partial charge in [0, 0.05) is 29.4 Å². The van der Waals surface area contributed by atoms with Crippen molar-refractivity contribution < 1.29 is 4.79 Å². The molecule has 110 valence electrons. The van der Waals surface area contributed by atoms with Crippen LogP contribution in [0.5, 0.6) is 0 Å². The van der Waals surface area contributed by atoms with E-state index in [2.05, 4.69) is 15.3 Å². The van der Waals surface area contributed by atoms with Crippen molar-refractivity contribution in [3.63, 3.8) is 0 Å². The van der Waals surface area contributed by atoms with Gasteiger partial charge in [0.25, 0.3) is 5.91 Å². The number of carbonyl (C=O) groups excluding carboxylic acids is 1. The molecule has 0 fully saturated rings. The monoisotopic (exact) mass is 291 g/mol. The second-order valence-corrected chi connectivity index (χ2v) is 5.44. The average Bonchev–Trinajstić information content (AvgIpc) is 2.54. The number of carbonyl (C=O) groups is 1. The quantitative estimate of drug-likeness (QED) is 0.804. The third kappa shape index (κ3) is 2.81. The molecule has 2 aromatic heterocycles. The summed E-state index contributed by atoms with van der Waals surface area (Å²) in [5, 5.41) is 3.80. The normalized spacial score (nSPS) is 10.9. The van der Waals surface area contributed by atoms with Gasteiger partial charge >= 0.3 is 0 Å². The standard InChI is InChI=1S/C18H17N3O/c1-12(2)20-18(22)15-10-17(13-6-5-9-19-11-13)21-16-8-4-3-7-14(15)16/h3-12H,1-2H3,(H,20,22). The van der Waals surface area contributed by atoms with Crippen molar-refractivity contribution in [2.45, 2.75) is 19.9 Å². The third-order valence-corrected chi connectivity index (χ3v) is 3.34. The maximum atomic E-state index is 12.5. The molecule has 0 unspecified atom stereocenters. The molecule has 0 saturated heterocycles. The van der Waals surface area contributed by atoms with Crippen LogP contribution in [0.4, 0.5) is 0 Å². The Balaban J connectivity index is 2.19. The summed E-state index contributed by atoms with van der Waals surface area (Å²) in [6, 6.07) is 13.4. The molecule has 1 aromatic carbocycles. The van der Waals surface area contributed by atoms with E-state index in [0.717, 1.165) is 22.2 Å². The summed E-state index contributed by atoms with van der Waals surface area (Å²) in [4.78, 5) is 21.3. The number of benzene rings is 1.